The van der Waals surface area contributed by atoms with Gasteiger partial charge in [0, 0.05) is 44.5 Å². The van der Waals surface area contributed by atoms with E-state index in [1.165, 1.54) is 50.0 Å². The average Bonchev–Trinajstić information content (AvgIpc) is 3.15. The van der Waals surface area contributed by atoms with Crippen LogP contribution in [0.15, 0.2) is 4.99 Å². The smallest absolute Gasteiger partial charge is 0.191 e. The van der Waals surface area contributed by atoms with Gasteiger partial charge in [0.1, 0.15) is 0 Å². The first-order valence-corrected chi connectivity index (χ1v) is 11.7. The number of ether oxygens (including phenoxy) is 1. The molecule has 26 heavy (non-hydrogen) atoms. The maximum Gasteiger partial charge on any atom is 0.191 e. The summed E-state index contributed by atoms with van der Waals surface area (Å²) in [4.78, 5) is 7.12. The lowest BCUT2D eigenvalue weighted by Gasteiger charge is -2.43. The van der Waals surface area contributed by atoms with E-state index in [-0.39, 0.29) is 5.54 Å². The number of thioether (sulfide) groups is 1. The monoisotopic (exact) mass is 382 g/mol. The van der Waals surface area contributed by atoms with Crippen molar-refractivity contribution in [1.82, 2.24) is 15.5 Å². The predicted octanol–water partition coefficient (Wildman–Crippen LogP) is 2.58. The minimum atomic E-state index is 0.269. The van der Waals surface area contributed by atoms with E-state index in [0.29, 0.717) is 0 Å². The summed E-state index contributed by atoms with van der Waals surface area (Å²) >= 11 is 2.09. The van der Waals surface area contributed by atoms with Crippen LogP contribution in [0.5, 0.6) is 0 Å². The highest BCUT2D eigenvalue weighted by Crippen LogP contribution is 2.33. The molecule has 0 aromatic heterocycles. The molecule has 3 unspecified atom stereocenters. The first-order valence-electron chi connectivity index (χ1n) is 10.6. The van der Waals surface area contributed by atoms with Gasteiger partial charge < -0.3 is 15.4 Å². The van der Waals surface area contributed by atoms with Crippen LogP contribution in [0.3, 0.4) is 0 Å². The molecule has 3 fully saturated rings. The minimum absolute atomic E-state index is 0.269. The fraction of sp³-hybridized carbons (Fsp3) is 0.950. The molecule has 3 atom stereocenters. The summed E-state index contributed by atoms with van der Waals surface area (Å²) in [5.41, 5.74) is 0.269. The fourth-order valence-corrected chi connectivity index (χ4v) is 6.30. The zero-order valence-electron chi connectivity index (χ0n) is 16.8. The van der Waals surface area contributed by atoms with Crippen molar-refractivity contribution in [2.75, 3.05) is 57.9 Å². The Morgan fingerprint density at radius 1 is 1.27 bits per heavy atom. The molecule has 0 aromatic rings. The largest absolute Gasteiger partial charge is 0.379 e. The second-order valence-electron chi connectivity index (χ2n) is 8.41. The predicted molar refractivity (Wildman–Crippen MR) is 112 cm³/mol. The second kappa shape index (κ2) is 10.2. The molecule has 1 aliphatic carbocycles. The van der Waals surface area contributed by atoms with Gasteiger partial charge in [0.2, 0.25) is 0 Å². The number of hydrogen-bond donors (Lipinski definition) is 2. The van der Waals surface area contributed by atoms with Gasteiger partial charge in [-0.25, -0.2) is 0 Å². The van der Waals surface area contributed by atoms with E-state index >= 15 is 0 Å². The Bertz CT molecular complexity index is 447. The van der Waals surface area contributed by atoms with Crippen LogP contribution in [-0.2, 0) is 4.74 Å². The third-order valence-electron chi connectivity index (χ3n) is 6.46. The molecule has 150 valence electrons. The standard InChI is InChI=1S/C20H38N4OS/c1-17-4-3-5-18(14-17)6-8-22-19(21-2)23-15-20(7-13-26-16-20)24-9-11-25-12-10-24/h17-18H,3-16H2,1-2H3,(H2,21,22,23). The van der Waals surface area contributed by atoms with Crippen LogP contribution < -0.4 is 10.6 Å². The van der Waals surface area contributed by atoms with Gasteiger partial charge in [0.05, 0.1) is 13.2 Å². The van der Waals surface area contributed by atoms with E-state index in [1.807, 2.05) is 7.05 Å². The van der Waals surface area contributed by atoms with Crippen molar-refractivity contribution in [2.24, 2.45) is 16.8 Å². The second-order valence-corrected chi connectivity index (χ2v) is 9.51. The number of morpholine rings is 1. The van der Waals surface area contributed by atoms with Crippen LogP contribution in [-0.4, -0.2) is 74.3 Å². The van der Waals surface area contributed by atoms with Crippen LogP contribution >= 0.6 is 11.8 Å². The van der Waals surface area contributed by atoms with Crippen molar-refractivity contribution in [2.45, 2.75) is 51.0 Å². The highest BCUT2D eigenvalue weighted by Gasteiger charge is 2.40. The Balaban J connectivity index is 1.43. The van der Waals surface area contributed by atoms with Crippen molar-refractivity contribution < 1.29 is 4.74 Å². The molecule has 2 N–H and O–H groups in total. The van der Waals surface area contributed by atoms with Gasteiger partial charge in [-0.1, -0.05) is 26.2 Å². The highest BCUT2D eigenvalue weighted by molar-refractivity contribution is 7.99. The third-order valence-corrected chi connectivity index (χ3v) is 7.70. The fourth-order valence-electron chi connectivity index (χ4n) is 4.82. The Kier molecular flexibility index (Phi) is 7.94. The molecule has 6 heteroatoms. The SMILES string of the molecule is CN=C(NCCC1CCCC(C)C1)NCC1(N2CCOCC2)CCSC1. The normalized spacial score (nSPS) is 34.0. The molecule has 5 nitrogen and oxygen atoms in total. The van der Waals surface area contributed by atoms with E-state index in [0.717, 1.165) is 57.2 Å². The van der Waals surface area contributed by atoms with Crippen molar-refractivity contribution in [3.63, 3.8) is 0 Å². The number of nitrogens with one attached hydrogen (secondary N) is 2. The Hall–Kier alpha value is -0.460. The minimum Gasteiger partial charge on any atom is -0.379 e. The summed E-state index contributed by atoms with van der Waals surface area (Å²) < 4.78 is 5.56. The number of hydrogen-bond acceptors (Lipinski definition) is 4. The molecule has 0 spiro atoms. The summed E-state index contributed by atoms with van der Waals surface area (Å²) in [6.45, 7) is 8.31. The summed E-state index contributed by atoms with van der Waals surface area (Å²) in [7, 11) is 1.89. The Labute approximate surface area is 164 Å². The van der Waals surface area contributed by atoms with Crippen LogP contribution in [0.25, 0.3) is 0 Å². The first kappa shape index (κ1) is 20.3. The number of rotatable bonds is 6. The van der Waals surface area contributed by atoms with Gasteiger partial charge >= 0.3 is 0 Å². The lowest BCUT2D eigenvalue weighted by Crippen LogP contribution is -2.60. The van der Waals surface area contributed by atoms with Crippen molar-refractivity contribution in [3.8, 4) is 0 Å². The van der Waals surface area contributed by atoms with Gasteiger partial charge in [0.15, 0.2) is 5.96 Å². The molecule has 2 heterocycles. The average molecular weight is 383 g/mol. The lowest BCUT2D eigenvalue weighted by molar-refractivity contribution is -0.0120. The summed E-state index contributed by atoms with van der Waals surface area (Å²) in [5, 5.41) is 7.20. The summed E-state index contributed by atoms with van der Waals surface area (Å²) in [6, 6.07) is 0. The molecule has 0 bridgehead atoms. The van der Waals surface area contributed by atoms with Crippen LogP contribution in [0.1, 0.15) is 45.4 Å². The third kappa shape index (κ3) is 5.52. The van der Waals surface area contributed by atoms with Gasteiger partial charge in [-0.05, 0) is 36.9 Å². The van der Waals surface area contributed by atoms with E-state index < -0.39 is 0 Å². The molecular formula is C20H38N4OS. The van der Waals surface area contributed by atoms with Crippen molar-refractivity contribution in [3.05, 3.63) is 0 Å². The lowest BCUT2D eigenvalue weighted by atomic mass is 9.81. The highest BCUT2D eigenvalue weighted by atomic mass is 32.2. The van der Waals surface area contributed by atoms with Crippen LogP contribution in [0.4, 0.5) is 0 Å². The first-order chi connectivity index (χ1) is 12.7. The topological polar surface area (TPSA) is 48.9 Å². The van der Waals surface area contributed by atoms with Gasteiger partial charge in [-0.15, -0.1) is 0 Å². The Morgan fingerprint density at radius 2 is 2.12 bits per heavy atom. The quantitative estimate of drug-likeness (QED) is 0.546. The van der Waals surface area contributed by atoms with Crippen molar-refractivity contribution >= 4 is 17.7 Å². The van der Waals surface area contributed by atoms with E-state index in [9.17, 15) is 0 Å². The molecule has 0 aromatic carbocycles. The number of aliphatic imine (C=N–C) groups is 1. The zero-order chi connectivity index (χ0) is 18.2. The number of guanidine groups is 1. The summed E-state index contributed by atoms with van der Waals surface area (Å²) in [6.07, 6.45) is 8.20. The van der Waals surface area contributed by atoms with Gasteiger partial charge in [0.25, 0.3) is 0 Å². The van der Waals surface area contributed by atoms with Crippen LogP contribution in [0, 0.1) is 11.8 Å². The Morgan fingerprint density at radius 3 is 2.81 bits per heavy atom. The molecule has 3 rings (SSSR count). The van der Waals surface area contributed by atoms with E-state index in [1.54, 1.807) is 0 Å². The van der Waals surface area contributed by atoms with Crippen molar-refractivity contribution in [1.29, 1.82) is 0 Å². The molecule has 1 saturated carbocycles. The molecule has 0 radical (unpaired) electrons. The van der Waals surface area contributed by atoms with E-state index in [2.05, 4.69) is 39.2 Å². The van der Waals surface area contributed by atoms with Gasteiger partial charge in [-0.2, -0.15) is 11.8 Å². The summed E-state index contributed by atoms with van der Waals surface area (Å²) in [5.74, 6) is 5.27. The zero-order valence-corrected chi connectivity index (χ0v) is 17.6. The molecular weight excluding hydrogens is 344 g/mol. The van der Waals surface area contributed by atoms with E-state index in [4.69, 9.17) is 4.74 Å². The molecule has 3 aliphatic rings. The molecule has 2 aliphatic heterocycles. The van der Waals surface area contributed by atoms with Crippen LogP contribution in [0.2, 0.25) is 0 Å². The molecule has 2 saturated heterocycles. The molecule has 0 amide bonds. The van der Waals surface area contributed by atoms with Gasteiger partial charge in [-0.3, -0.25) is 9.89 Å². The number of nitrogens with zero attached hydrogens (tertiary/aromatic N) is 2. The maximum atomic E-state index is 5.56. The maximum absolute atomic E-state index is 5.56.